The van der Waals surface area contributed by atoms with Crippen molar-refractivity contribution < 1.29 is 4.42 Å². The summed E-state index contributed by atoms with van der Waals surface area (Å²) in [7, 11) is 0. The summed E-state index contributed by atoms with van der Waals surface area (Å²) in [6.45, 7) is 4.30. The average Bonchev–Trinajstić information content (AvgIpc) is 2.97. The van der Waals surface area contributed by atoms with E-state index < -0.39 is 0 Å². The Morgan fingerprint density at radius 1 is 1.44 bits per heavy atom. The quantitative estimate of drug-likeness (QED) is 0.920. The lowest BCUT2D eigenvalue weighted by atomic mass is 10.1. The van der Waals surface area contributed by atoms with Gasteiger partial charge in [0.05, 0.1) is 11.7 Å². The summed E-state index contributed by atoms with van der Waals surface area (Å²) in [5.74, 6) is 0.778. The third-order valence-electron chi connectivity index (χ3n) is 3.09. The normalized spacial score (nSPS) is 14.7. The molecule has 0 aliphatic carbocycles. The van der Waals surface area contributed by atoms with Crippen LogP contribution in [0.15, 0.2) is 33.5 Å². The second-order valence-electron chi connectivity index (χ2n) is 4.50. The second-order valence-corrected chi connectivity index (χ2v) is 5.28. The van der Waals surface area contributed by atoms with E-state index in [1.54, 1.807) is 0 Å². The number of nitrogens with zero attached hydrogens (tertiary/aromatic N) is 2. The first-order valence-corrected chi connectivity index (χ1v) is 6.94. The molecule has 4 nitrogen and oxygen atoms in total. The molecule has 0 bridgehead atoms. The first kappa shape index (κ1) is 13.4. The standard InChI is InChI=1S/C13H18BrN3O/c1-3-9(2)17-7-6-10(16-17)8-11(15)12-4-5-13(14)18-12/h4-7,9,11H,3,8,15H2,1-2H3. The smallest absolute Gasteiger partial charge is 0.169 e. The van der Waals surface area contributed by atoms with Crippen LogP contribution in [0.3, 0.4) is 0 Å². The van der Waals surface area contributed by atoms with Crippen LogP contribution in [-0.4, -0.2) is 9.78 Å². The molecule has 98 valence electrons. The molecule has 0 aromatic carbocycles. The Labute approximate surface area is 115 Å². The van der Waals surface area contributed by atoms with E-state index in [0.29, 0.717) is 17.1 Å². The van der Waals surface area contributed by atoms with Crippen LogP contribution >= 0.6 is 15.9 Å². The molecule has 2 atom stereocenters. The van der Waals surface area contributed by atoms with Crippen LogP contribution < -0.4 is 5.73 Å². The van der Waals surface area contributed by atoms with Crippen molar-refractivity contribution in [1.82, 2.24) is 9.78 Å². The molecule has 0 saturated heterocycles. The minimum absolute atomic E-state index is 0.156. The summed E-state index contributed by atoms with van der Waals surface area (Å²) in [5, 5.41) is 4.54. The topological polar surface area (TPSA) is 57.0 Å². The number of furan rings is 1. The van der Waals surface area contributed by atoms with Crippen molar-refractivity contribution in [2.75, 3.05) is 0 Å². The molecule has 2 aromatic rings. The Balaban J connectivity index is 2.03. The maximum atomic E-state index is 6.09. The Hall–Kier alpha value is -1.07. The van der Waals surface area contributed by atoms with Crippen molar-refractivity contribution in [3.63, 3.8) is 0 Å². The fourth-order valence-corrected chi connectivity index (χ4v) is 2.09. The summed E-state index contributed by atoms with van der Waals surface area (Å²) < 4.78 is 8.14. The van der Waals surface area contributed by atoms with Gasteiger partial charge in [-0.1, -0.05) is 6.92 Å². The van der Waals surface area contributed by atoms with Crippen LogP contribution in [0.25, 0.3) is 0 Å². The van der Waals surface area contributed by atoms with Gasteiger partial charge in [0, 0.05) is 18.7 Å². The van der Waals surface area contributed by atoms with Gasteiger partial charge in [-0.15, -0.1) is 0 Å². The molecule has 2 N–H and O–H groups in total. The number of aromatic nitrogens is 2. The predicted octanol–water partition coefficient (Wildman–Crippen LogP) is 3.45. The summed E-state index contributed by atoms with van der Waals surface area (Å²) in [4.78, 5) is 0. The van der Waals surface area contributed by atoms with Crippen molar-refractivity contribution in [3.05, 3.63) is 40.5 Å². The van der Waals surface area contributed by atoms with Crippen molar-refractivity contribution in [1.29, 1.82) is 0 Å². The maximum absolute atomic E-state index is 6.09. The number of nitrogens with two attached hydrogens (primary N) is 1. The van der Waals surface area contributed by atoms with Gasteiger partial charge in [-0.25, -0.2) is 0 Å². The van der Waals surface area contributed by atoms with Gasteiger partial charge in [0.15, 0.2) is 4.67 Å². The second kappa shape index (κ2) is 5.71. The third kappa shape index (κ3) is 3.03. The van der Waals surface area contributed by atoms with Gasteiger partial charge >= 0.3 is 0 Å². The van der Waals surface area contributed by atoms with Gasteiger partial charge in [0.2, 0.25) is 0 Å². The SMILES string of the molecule is CCC(C)n1ccc(CC(N)c2ccc(Br)o2)n1. The predicted molar refractivity (Wildman–Crippen MR) is 74.3 cm³/mol. The Kier molecular flexibility index (Phi) is 4.24. The van der Waals surface area contributed by atoms with E-state index in [0.717, 1.165) is 17.9 Å². The van der Waals surface area contributed by atoms with Gasteiger partial charge in [0.25, 0.3) is 0 Å². The fraction of sp³-hybridized carbons (Fsp3) is 0.462. The Morgan fingerprint density at radius 3 is 2.83 bits per heavy atom. The van der Waals surface area contributed by atoms with Crippen molar-refractivity contribution in [2.45, 2.75) is 38.8 Å². The Bertz CT molecular complexity index is 506. The molecule has 0 radical (unpaired) electrons. The van der Waals surface area contributed by atoms with Gasteiger partial charge in [-0.2, -0.15) is 5.10 Å². The first-order chi connectivity index (χ1) is 8.60. The minimum atomic E-state index is -0.156. The summed E-state index contributed by atoms with van der Waals surface area (Å²) in [6, 6.07) is 6.03. The van der Waals surface area contributed by atoms with Crippen LogP contribution in [0.4, 0.5) is 0 Å². The van der Waals surface area contributed by atoms with Crippen LogP contribution in [0, 0.1) is 0 Å². The lowest BCUT2D eigenvalue weighted by Crippen LogP contribution is -2.13. The van der Waals surface area contributed by atoms with Crippen molar-refractivity contribution >= 4 is 15.9 Å². The Morgan fingerprint density at radius 2 is 2.22 bits per heavy atom. The minimum Gasteiger partial charge on any atom is -0.453 e. The molecule has 0 fully saturated rings. The molecule has 0 spiro atoms. The van der Waals surface area contributed by atoms with E-state index in [2.05, 4.69) is 34.9 Å². The van der Waals surface area contributed by atoms with Crippen LogP contribution in [0.5, 0.6) is 0 Å². The highest BCUT2D eigenvalue weighted by Crippen LogP contribution is 2.21. The molecule has 2 heterocycles. The molecule has 5 heteroatoms. The van der Waals surface area contributed by atoms with Crippen LogP contribution in [0.2, 0.25) is 0 Å². The number of hydrogen-bond donors (Lipinski definition) is 1. The van der Waals surface area contributed by atoms with Gasteiger partial charge in [-0.3, -0.25) is 4.68 Å². The molecular formula is C13H18BrN3O. The fourth-order valence-electron chi connectivity index (χ4n) is 1.77. The highest BCUT2D eigenvalue weighted by Gasteiger charge is 2.13. The maximum Gasteiger partial charge on any atom is 0.169 e. The van der Waals surface area contributed by atoms with Crippen molar-refractivity contribution in [2.24, 2.45) is 5.73 Å². The molecule has 18 heavy (non-hydrogen) atoms. The first-order valence-electron chi connectivity index (χ1n) is 6.15. The highest BCUT2D eigenvalue weighted by atomic mass is 79.9. The van der Waals surface area contributed by atoms with E-state index in [4.69, 9.17) is 10.2 Å². The zero-order valence-corrected chi connectivity index (χ0v) is 12.2. The lowest BCUT2D eigenvalue weighted by Gasteiger charge is -2.09. The van der Waals surface area contributed by atoms with E-state index >= 15 is 0 Å². The zero-order valence-electron chi connectivity index (χ0n) is 10.6. The lowest BCUT2D eigenvalue weighted by molar-refractivity contribution is 0.440. The molecule has 0 aliphatic heterocycles. The summed E-state index contributed by atoms with van der Waals surface area (Å²) in [6.07, 6.45) is 3.76. The zero-order chi connectivity index (χ0) is 13.1. The summed E-state index contributed by atoms with van der Waals surface area (Å²) in [5.41, 5.74) is 7.09. The highest BCUT2D eigenvalue weighted by molar-refractivity contribution is 9.10. The van der Waals surface area contributed by atoms with Crippen LogP contribution in [0.1, 0.15) is 43.8 Å². The van der Waals surface area contributed by atoms with Crippen molar-refractivity contribution in [3.8, 4) is 0 Å². The van der Waals surface area contributed by atoms with E-state index in [1.165, 1.54) is 0 Å². The average molecular weight is 312 g/mol. The molecule has 2 unspecified atom stereocenters. The number of halogens is 1. The molecule has 0 aliphatic rings. The molecule has 2 rings (SSSR count). The number of rotatable bonds is 5. The van der Waals surface area contributed by atoms with Gasteiger partial charge < -0.3 is 10.2 Å². The molecule has 2 aromatic heterocycles. The van der Waals surface area contributed by atoms with Gasteiger partial charge in [-0.05, 0) is 47.5 Å². The molecule has 0 amide bonds. The van der Waals surface area contributed by atoms with Gasteiger partial charge in [0.1, 0.15) is 5.76 Å². The molecular weight excluding hydrogens is 294 g/mol. The molecule has 0 saturated carbocycles. The third-order valence-corrected chi connectivity index (χ3v) is 3.52. The van der Waals surface area contributed by atoms with E-state index in [-0.39, 0.29) is 6.04 Å². The monoisotopic (exact) mass is 311 g/mol. The number of hydrogen-bond acceptors (Lipinski definition) is 3. The van der Waals surface area contributed by atoms with Crippen LogP contribution in [-0.2, 0) is 6.42 Å². The van der Waals surface area contributed by atoms with E-state index in [1.807, 2.05) is 29.1 Å². The summed E-state index contributed by atoms with van der Waals surface area (Å²) >= 11 is 3.28. The van der Waals surface area contributed by atoms with E-state index in [9.17, 15) is 0 Å². The largest absolute Gasteiger partial charge is 0.453 e.